The number of aryl methyl sites for hydroxylation is 1. The van der Waals surface area contributed by atoms with Crippen LogP contribution in [0.2, 0.25) is 5.15 Å². The first-order valence-corrected chi connectivity index (χ1v) is 7.10. The Morgan fingerprint density at radius 1 is 1.53 bits per heavy atom. The van der Waals surface area contributed by atoms with Crippen molar-refractivity contribution < 1.29 is 13.2 Å². The topological polar surface area (TPSA) is 68.3 Å². The average molecular weight is 279 g/mol. The summed E-state index contributed by atoms with van der Waals surface area (Å²) in [6.07, 6.45) is 1.96. The molecule has 0 aliphatic rings. The fraction of sp³-hybridized carbons (Fsp3) is 0.500. The summed E-state index contributed by atoms with van der Waals surface area (Å²) in [5, 5.41) is 0.153. The highest BCUT2D eigenvalue weighted by Crippen LogP contribution is 2.23. The number of rotatable bonds is 6. The first-order chi connectivity index (χ1) is 7.96. The molecule has 96 valence electrons. The van der Waals surface area contributed by atoms with Crippen LogP contribution in [0.1, 0.15) is 12.0 Å². The van der Waals surface area contributed by atoms with Gasteiger partial charge in [0.1, 0.15) is 0 Å². The predicted molar refractivity (Wildman–Crippen MR) is 67.9 cm³/mol. The number of halogens is 1. The van der Waals surface area contributed by atoms with Gasteiger partial charge in [-0.3, -0.25) is 4.72 Å². The number of nitrogens with zero attached hydrogens (tertiary/aromatic N) is 1. The van der Waals surface area contributed by atoms with Gasteiger partial charge in [-0.1, -0.05) is 11.6 Å². The van der Waals surface area contributed by atoms with Crippen LogP contribution in [0.3, 0.4) is 0 Å². The van der Waals surface area contributed by atoms with E-state index in [-0.39, 0.29) is 10.9 Å². The lowest BCUT2D eigenvalue weighted by molar-refractivity contribution is 0.199. The van der Waals surface area contributed by atoms with Gasteiger partial charge in [0.15, 0.2) is 5.15 Å². The maximum absolute atomic E-state index is 11.7. The van der Waals surface area contributed by atoms with E-state index in [4.69, 9.17) is 16.3 Å². The van der Waals surface area contributed by atoms with Crippen molar-refractivity contribution in [2.24, 2.45) is 0 Å². The lowest BCUT2D eigenvalue weighted by Crippen LogP contribution is -2.18. The third kappa shape index (κ3) is 4.49. The zero-order valence-corrected chi connectivity index (χ0v) is 11.3. The molecule has 0 aromatic carbocycles. The average Bonchev–Trinajstić information content (AvgIpc) is 2.24. The molecular weight excluding hydrogens is 264 g/mol. The fourth-order valence-electron chi connectivity index (χ4n) is 1.25. The van der Waals surface area contributed by atoms with Crippen molar-refractivity contribution in [3.8, 4) is 0 Å². The van der Waals surface area contributed by atoms with Gasteiger partial charge in [-0.05, 0) is 25.0 Å². The van der Waals surface area contributed by atoms with Gasteiger partial charge in [0.05, 0.1) is 11.4 Å². The Hall–Kier alpha value is -0.850. The minimum atomic E-state index is -3.41. The molecule has 7 heteroatoms. The molecule has 0 radical (unpaired) electrons. The molecule has 0 unspecified atom stereocenters. The van der Waals surface area contributed by atoms with Crippen LogP contribution in [0.25, 0.3) is 0 Å². The molecule has 0 atom stereocenters. The Kier molecular flexibility index (Phi) is 5.17. The number of pyridine rings is 1. The number of ether oxygens (including phenoxy) is 1. The van der Waals surface area contributed by atoms with E-state index in [0.29, 0.717) is 18.7 Å². The van der Waals surface area contributed by atoms with Crippen molar-refractivity contribution in [2.75, 3.05) is 24.2 Å². The normalized spacial score (nSPS) is 11.5. The van der Waals surface area contributed by atoms with Crippen molar-refractivity contribution in [2.45, 2.75) is 13.3 Å². The second-order valence-corrected chi connectivity index (χ2v) is 5.76. The van der Waals surface area contributed by atoms with Gasteiger partial charge < -0.3 is 4.74 Å². The third-order valence-electron chi connectivity index (χ3n) is 2.13. The van der Waals surface area contributed by atoms with Crippen molar-refractivity contribution >= 4 is 27.3 Å². The van der Waals surface area contributed by atoms with Crippen LogP contribution in [-0.4, -0.2) is 32.9 Å². The Morgan fingerprint density at radius 2 is 2.24 bits per heavy atom. The molecule has 1 aromatic rings. The lowest BCUT2D eigenvalue weighted by Gasteiger charge is -2.11. The summed E-state index contributed by atoms with van der Waals surface area (Å²) in [4.78, 5) is 3.83. The van der Waals surface area contributed by atoms with E-state index >= 15 is 0 Å². The van der Waals surface area contributed by atoms with Crippen LogP contribution >= 0.6 is 11.6 Å². The van der Waals surface area contributed by atoms with Crippen molar-refractivity contribution in [1.82, 2.24) is 4.98 Å². The monoisotopic (exact) mass is 278 g/mol. The molecule has 0 amide bonds. The van der Waals surface area contributed by atoms with Crippen LogP contribution in [0, 0.1) is 6.92 Å². The molecule has 0 aliphatic heterocycles. The number of nitrogens with one attached hydrogen (secondary N) is 1. The molecule has 5 nitrogen and oxygen atoms in total. The highest BCUT2D eigenvalue weighted by molar-refractivity contribution is 7.92. The molecule has 0 fully saturated rings. The van der Waals surface area contributed by atoms with Gasteiger partial charge in [0, 0.05) is 19.9 Å². The zero-order chi connectivity index (χ0) is 12.9. The summed E-state index contributed by atoms with van der Waals surface area (Å²) >= 11 is 5.83. The van der Waals surface area contributed by atoms with Gasteiger partial charge in [0.2, 0.25) is 10.0 Å². The second kappa shape index (κ2) is 6.18. The fourth-order valence-corrected chi connectivity index (χ4v) is 2.72. The van der Waals surface area contributed by atoms with Crippen molar-refractivity contribution in [3.63, 3.8) is 0 Å². The number of methoxy groups -OCH3 is 1. The minimum absolute atomic E-state index is 0.00843. The first kappa shape index (κ1) is 14.2. The minimum Gasteiger partial charge on any atom is -0.385 e. The molecule has 1 heterocycles. The second-order valence-electron chi connectivity index (χ2n) is 3.56. The summed E-state index contributed by atoms with van der Waals surface area (Å²) in [7, 11) is -1.88. The van der Waals surface area contributed by atoms with Gasteiger partial charge in [-0.2, -0.15) is 0 Å². The van der Waals surface area contributed by atoms with Gasteiger partial charge >= 0.3 is 0 Å². The van der Waals surface area contributed by atoms with Crippen LogP contribution in [-0.2, 0) is 14.8 Å². The van der Waals surface area contributed by atoms with Gasteiger partial charge in [-0.25, -0.2) is 13.4 Å². The zero-order valence-electron chi connectivity index (χ0n) is 9.73. The smallest absolute Gasteiger partial charge is 0.232 e. The van der Waals surface area contributed by atoms with E-state index in [0.717, 1.165) is 5.56 Å². The SMILES string of the molecule is COCCCS(=O)(=O)Nc1c(C)ccnc1Cl. The summed E-state index contributed by atoms with van der Waals surface area (Å²) in [6.45, 7) is 2.17. The Morgan fingerprint density at radius 3 is 2.82 bits per heavy atom. The number of anilines is 1. The van der Waals surface area contributed by atoms with E-state index in [1.54, 1.807) is 13.0 Å². The van der Waals surface area contributed by atoms with Gasteiger partial charge in [-0.15, -0.1) is 0 Å². The van der Waals surface area contributed by atoms with Crippen LogP contribution in [0.5, 0.6) is 0 Å². The lowest BCUT2D eigenvalue weighted by atomic mass is 10.3. The van der Waals surface area contributed by atoms with Gasteiger partial charge in [0.25, 0.3) is 0 Å². The Balaban J connectivity index is 2.76. The van der Waals surface area contributed by atoms with E-state index in [2.05, 4.69) is 9.71 Å². The number of hydrogen-bond acceptors (Lipinski definition) is 4. The first-order valence-electron chi connectivity index (χ1n) is 5.07. The number of sulfonamides is 1. The largest absolute Gasteiger partial charge is 0.385 e. The standard InChI is InChI=1S/C10H15ClN2O3S/c1-8-4-5-12-10(11)9(8)13-17(14,15)7-3-6-16-2/h4-5,13H,3,6-7H2,1-2H3. The maximum atomic E-state index is 11.7. The number of aromatic nitrogens is 1. The molecule has 17 heavy (non-hydrogen) atoms. The van der Waals surface area contributed by atoms with Crippen molar-refractivity contribution in [3.05, 3.63) is 23.0 Å². The van der Waals surface area contributed by atoms with Crippen LogP contribution < -0.4 is 4.72 Å². The molecular formula is C10H15ClN2O3S. The molecule has 0 saturated heterocycles. The van der Waals surface area contributed by atoms with Crippen LogP contribution in [0.4, 0.5) is 5.69 Å². The van der Waals surface area contributed by atoms with E-state index < -0.39 is 10.0 Å². The summed E-state index contributed by atoms with van der Waals surface area (Å²) in [5.41, 5.74) is 1.08. The molecule has 1 N–H and O–H groups in total. The molecule has 0 saturated carbocycles. The summed E-state index contributed by atoms with van der Waals surface area (Å²) < 4.78 is 30.7. The Labute approximate surface area is 106 Å². The van der Waals surface area contributed by atoms with Crippen LogP contribution in [0.15, 0.2) is 12.3 Å². The Bertz CT molecular complexity index is 456. The summed E-state index contributed by atoms with van der Waals surface area (Å²) in [5.74, 6) is -0.00843. The van der Waals surface area contributed by atoms with E-state index in [1.165, 1.54) is 13.3 Å². The van der Waals surface area contributed by atoms with E-state index in [1.807, 2.05) is 0 Å². The molecule has 1 rings (SSSR count). The molecule has 1 aromatic heterocycles. The molecule has 0 bridgehead atoms. The molecule has 0 aliphatic carbocycles. The molecule has 0 spiro atoms. The van der Waals surface area contributed by atoms with E-state index in [9.17, 15) is 8.42 Å². The maximum Gasteiger partial charge on any atom is 0.232 e. The highest BCUT2D eigenvalue weighted by atomic mass is 35.5. The predicted octanol–water partition coefficient (Wildman–Crippen LogP) is 1.82. The quantitative estimate of drug-likeness (QED) is 0.637. The third-order valence-corrected chi connectivity index (χ3v) is 3.76. The number of hydrogen-bond donors (Lipinski definition) is 1. The highest BCUT2D eigenvalue weighted by Gasteiger charge is 2.14. The van der Waals surface area contributed by atoms with Crippen molar-refractivity contribution in [1.29, 1.82) is 0 Å². The summed E-state index contributed by atoms with van der Waals surface area (Å²) in [6, 6.07) is 1.69.